The molecule has 2 heterocycles. The molecular formula is C21H30FN3O. The number of carbonyl (C=O) groups excluding carboxylic acids is 1. The lowest BCUT2D eigenvalue weighted by atomic mass is 9.95. The van der Waals surface area contributed by atoms with Crippen LogP contribution in [0.1, 0.15) is 63.4 Å². The minimum absolute atomic E-state index is 0.0216. The molecule has 5 heteroatoms. The van der Waals surface area contributed by atoms with Crippen LogP contribution in [-0.2, 0) is 6.54 Å². The fourth-order valence-corrected chi connectivity index (χ4v) is 5.11. The third-order valence-corrected chi connectivity index (χ3v) is 6.44. The maximum absolute atomic E-state index is 13.1. The van der Waals surface area contributed by atoms with Gasteiger partial charge in [0.2, 0.25) is 0 Å². The van der Waals surface area contributed by atoms with Crippen molar-refractivity contribution in [2.45, 2.75) is 88.5 Å². The van der Waals surface area contributed by atoms with Crippen molar-refractivity contribution in [1.29, 1.82) is 0 Å². The number of fused-ring (bicyclic) bond motifs is 2. The van der Waals surface area contributed by atoms with Crippen molar-refractivity contribution >= 4 is 6.03 Å². The van der Waals surface area contributed by atoms with Gasteiger partial charge in [-0.15, -0.1) is 0 Å². The molecule has 2 aliphatic heterocycles. The van der Waals surface area contributed by atoms with Crippen molar-refractivity contribution in [3.63, 3.8) is 0 Å². The summed E-state index contributed by atoms with van der Waals surface area (Å²) in [5, 5.41) is 6.41. The number of nitrogens with zero attached hydrogens (tertiary/aromatic N) is 1. The molecule has 142 valence electrons. The molecule has 2 amide bonds. The van der Waals surface area contributed by atoms with Crippen molar-refractivity contribution in [3.05, 3.63) is 35.6 Å². The number of piperidine rings is 1. The van der Waals surface area contributed by atoms with E-state index >= 15 is 0 Å². The summed E-state index contributed by atoms with van der Waals surface area (Å²) in [7, 11) is 0. The van der Waals surface area contributed by atoms with Gasteiger partial charge in [0.05, 0.1) is 0 Å². The van der Waals surface area contributed by atoms with Gasteiger partial charge < -0.3 is 10.6 Å². The number of urea groups is 1. The molecule has 0 radical (unpaired) electrons. The van der Waals surface area contributed by atoms with Crippen LogP contribution in [0.4, 0.5) is 9.18 Å². The summed E-state index contributed by atoms with van der Waals surface area (Å²) in [6.07, 6.45) is 10.5. The average Bonchev–Trinajstić information content (AvgIpc) is 2.86. The van der Waals surface area contributed by atoms with E-state index in [1.54, 1.807) is 12.1 Å². The average molecular weight is 359 g/mol. The molecule has 26 heavy (non-hydrogen) atoms. The second kappa shape index (κ2) is 7.95. The summed E-state index contributed by atoms with van der Waals surface area (Å²) in [4.78, 5) is 14.9. The lowest BCUT2D eigenvalue weighted by Crippen LogP contribution is -2.53. The molecule has 1 aliphatic carbocycles. The Balaban J connectivity index is 1.28. The van der Waals surface area contributed by atoms with E-state index in [0.29, 0.717) is 18.1 Å². The summed E-state index contributed by atoms with van der Waals surface area (Å²) in [5.74, 6) is -0.177. The van der Waals surface area contributed by atoms with Crippen LogP contribution in [0, 0.1) is 5.82 Å². The highest BCUT2D eigenvalue weighted by Gasteiger charge is 2.41. The Hall–Kier alpha value is -1.62. The Morgan fingerprint density at radius 2 is 1.54 bits per heavy atom. The fraction of sp³-hybridized carbons (Fsp3) is 0.667. The fourth-order valence-electron chi connectivity index (χ4n) is 5.11. The molecule has 2 saturated heterocycles. The zero-order chi connectivity index (χ0) is 17.9. The van der Waals surface area contributed by atoms with Crippen LogP contribution in [0.25, 0.3) is 0 Å². The minimum atomic E-state index is -0.177. The van der Waals surface area contributed by atoms with Crippen LogP contribution in [-0.4, -0.2) is 35.1 Å². The quantitative estimate of drug-likeness (QED) is 0.855. The van der Waals surface area contributed by atoms with Gasteiger partial charge in [0.1, 0.15) is 5.82 Å². The maximum atomic E-state index is 13.1. The van der Waals surface area contributed by atoms with E-state index in [4.69, 9.17) is 0 Å². The number of nitrogens with one attached hydrogen (secondary N) is 2. The topological polar surface area (TPSA) is 44.4 Å². The molecular weight excluding hydrogens is 329 g/mol. The van der Waals surface area contributed by atoms with Crippen molar-refractivity contribution in [2.24, 2.45) is 0 Å². The number of hydrogen-bond acceptors (Lipinski definition) is 2. The van der Waals surface area contributed by atoms with Crippen LogP contribution in [0.2, 0.25) is 0 Å². The van der Waals surface area contributed by atoms with Crippen molar-refractivity contribution < 1.29 is 9.18 Å². The molecule has 0 aromatic heterocycles. The van der Waals surface area contributed by atoms with E-state index in [-0.39, 0.29) is 17.9 Å². The first-order valence-corrected chi connectivity index (χ1v) is 10.2. The van der Waals surface area contributed by atoms with E-state index in [1.165, 1.54) is 37.7 Å². The molecule has 1 aromatic carbocycles. The van der Waals surface area contributed by atoms with Gasteiger partial charge in [0.25, 0.3) is 0 Å². The van der Waals surface area contributed by atoms with Gasteiger partial charge in [0.15, 0.2) is 0 Å². The van der Waals surface area contributed by atoms with Gasteiger partial charge in [-0.3, -0.25) is 4.90 Å². The predicted molar refractivity (Wildman–Crippen MR) is 100 cm³/mol. The van der Waals surface area contributed by atoms with Crippen LogP contribution >= 0.6 is 0 Å². The highest BCUT2D eigenvalue weighted by atomic mass is 19.1. The van der Waals surface area contributed by atoms with Crippen molar-refractivity contribution in [1.82, 2.24) is 15.5 Å². The summed E-state index contributed by atoms with van der Waals surface area (Å²) in [5.41, 5.74) is 1.17. The minimum Gasteiger partial charge on any atom is -0.335 e. The predicted octanol–water partition coefficient (Wildman–Crippen LogP) is 3.95. The van der Waals surface area contributed by atoms with Crippen LogP contribution in [0.5, 0.6) is 0 Å². The highest BCUT2D eigenvalue weighted by Crippen LogP contribution is 2.36. The number of carbonyl (C=O) groups is 1. The Morgan fingerprint density at radius 1 is 0.923 bits per heavy atom. The smallest absolute Gasteiger partial charge is 0.315 e. The molecule has 3 aliphatic rings. The van der Waals surface area contributed by atoms with Crippen LogP contribution in [0.3, 0.4) is 0 Å². The lowest BCUT2D eigenvalue weighted by molar-refractivity contribution is 0.111. The van der Waals surface area contributed by atoms with Crippen LogP contribution in [0.15, 0.2) is 24.3 Å². The van der Waals surface area contributed by atoms with Crippen molar-refractivity contribution in [2.75, 3.05) is 0 Å². The Morgan fingerprint density at radius 3 is 2.19 bits per heavy atom. The van der Waals surface area contributed by atoms with Gasteiger partial charge in [-0.25, -0.2) is 9.18 Å². The van der Waals surface area contributed by atoms with E-state index in [9.17, 15) is 9.18 Å². The van der Waals surface area contributed by atoms with E-state index in [2.05, 4.69) is 15.5 Å². The normalized spacial score (nSPS) is 29.5. The number of hydrogen-bond donors (Lipinski definition) is 2. The third kappa shape index (κ3) is 4.20. The Labute approximate surface area is 155 Å². The number of amides is 2. The summed E-state index contributed by atoms with van der Waals surface area (Å²) < 4.78 is 13.1. The summed E-state index contributed by atoms with van der Waals surface area (Å²) in [6.45, 7) is 0.886. The molecule has 2 atom stereocenters. The van der Waals surface area contributed by atoms with Gasteiger partial charge >= 0.3 is 6.03 Å². The van der Waals surface area contributed by atoms with Gasteiger partial charge in [-0.1, -0.05) is 31.4 Å². The standard InChI is InChI=1S/C21H30FN3O/c22-16-8-6-15(7-9-16)14-25-19-10-11-20(25)13-18(12-19)24-21(26)23-17-4-2-1-3-5-17/h6-9,17-20H,1-5,10-14H2,(H2,23,24,26)/t19-,20-/m1/s1. The van der Waals surface area contributed by atoms with E-state index in [1.807, 2.05) is 12.1 Å². The highest BCUT2D eigenvalue weighted by molar-refractivity contribution is 5.74. The maximum Gasteiger partial charge on any atom is 0.315 e. The molecule has 0 unspecified atom stereocenters. The molecule has 4 rings (SSSR count). The first-order chi connectivity index (χ1) is 12.7. The monoisotopic (exact) mass is 359 g/mol. The molecule has 2 bridgehead atoms. The van der Waals surface area contributed by atoms with Crippen molar-refractivity contribution in [3.8, 4) is 0 Å². The molecule has 2 N–H and O–H groups in total. The van der Waals surface area contributed by atoms with E-state index < -0.39 is 0 Å². The first kappa shape index (κ1) is 17.8. The zero-order valence-electron chi connectivity index (χ0n) is 15.4. The third-order valence-electron chi connectivity index (χ3n) is 6.44. The molecule has 1 aromatic rings. The summed E-state index contributed by atoms with van der Waals surface area (Å²) >= 11 is 0. The van der Waals surface area contributed by atoms with Gasteiger partial charge in [-0.2, -0.15) is 0 Å². The second-order valence-electron chi connectivity index (χ2n) is 8.30. The van der Waals surface area contributed by atoms with E-state index in [0.717, 1.165) is 32.2 Å². The van der Waals surface area contributed by atoms with Gasteiger partial charge in [0, 0.05) is 30.7 Å². The van der Waals surface area contributed by atoms with Gasteiger partial charge in [-0.05, 0) is 56.2 Å². The molecule has 0 spiro atoms. The second-order valence-corrected chi connectivity index (χ2v) is 8.30. The number of benzene rings is 1. The number of halogens is 1. The Kier molecular flexibility index (Phi) is 5.44. The van der Waals surface area contributed by atoms with Crippen LogP contribution < -0.4 is 10.6 Å². The summed E-state index contributed by atoms with van der Waals surface area (Å²) in [6, 6.07) is 8.57. The molecule has 1 saturated carbocycles. The SMILES string of the molecule is O=C(NC1CCCCC1)NC1C[C@H]2CC[C@H](C1)N2Cc1ccc(F)cc1. The zero-order valence-corrected chi connectivity index (χ0v) is 15.4. The largest absolute Gasteiger partial charge is 0.335 e. The molecule has 3 fully saturated rings. The number of rotatable bonds is 4. The Bertz CT molecular complexity index is 600. The first-order valence-electron chi connectivity index (χ1n) is 10.2. The molecule has 4 nitrogen and oxygen atoms in total. The lowest BCUT2D eigenvalue weighted by Gasteiger charge is -2.39.